The van der Waals surface area contributed by atoms with Gasteiger partial charge in [-0.15, -0.1) is 0 Å². The maximum atomic E-state index is 13.6. The molecule has 2 aromatic carbocycles. The number of hydrogen-bond donors (Lipinski definition) is 1. The second kappa shape index (κ2) is 7.43. The molecule has 2 aliphatic rings. The van der Waals surface area contributed by atoms with Gasteiger partial charge in [-0.05, 0) is 36.1 Å². The van der Waals surface area contributed by atoms with Crippen molar-refractivity contribution < 1.29 is 13.9 Å². The van der Waals surface area contributed by atoms with Gasteiger partial charge in [0.1, 0.15) is 0 Å². The van der Waals surface area contributed by atoms with Crippen molar-refractivity contribution in [3.05, 3.63) is 71.3 Å². The molecule has 138 valence electrons. The van der Waals surface area contributed by atoms with Crippen LogP contribution in [0.3, 0.4) is 0 Å². The summed E-state index contributed by atoms with van der Waals surface area (Å²) in [6.45, 7) is 3.05. The Balaban J connectivity index is 1.54. The van der Waals surface area contributed by atoms with Crippen LogP contribution in [0.5, 0.6) is 0 Å². The third-order valence-corrected chi connectivity index (χ3v) is 5.60. The number of fused-ring (bicyclic) bond motifs is 1. The van der Waals surface area contributed by atoms with Crippen LogP contribution in [0, 0.1) is 11.6 Å². The molecule has 3 nitrogen and oxygen atoms in total. The first kappa shape index (κ1) is 17.6. The molecule has 2 fully saturated rings. The van der Waals surface area contributed by atoms with Gasteiger partial charge in [-0.2, -0.15) is 0 Å². The first-order chi connectivity index (χ1) is 12.6. The highest BCUT2D eigenvalue weighted by Gasteiger charge is 2.39. The second-order valence-electron chi connectivity index (χ2n) is 7.52. The lowest BCUT2D eigenvalue weighted by Crippen LogP contribution is -2.56. The van der Waals surface area contributed by atoms with Gasteiger partial charge in [0.15, 0.2) is 11.6 Å². The third-order valence-electron chi connectivity index (χ3n) is 5.60. The minimum absolute atomic E-state index is 0.263. The highest BCUT2D eigenvalue weighted by molar-refractivity contribution is 5.20. The van der Waals surface area contributed by atoms with E-state index in [0.29, 0.717) is 12.6 Å². The molecule has 0 aliphatic carbocycles. The molecule has 0 spiro atoms. The van der Waals surface area contributed by atoms with Crippen LogP contribution in [0.15, 0.2) is 48.5 Å². The van der Waals surface area contributed by atoms with Crippen LogP contribution < -0.4 is 0 Å². The predicted octanol–water partition coefficient (Wildman–Crippen LogP) is 2.83. The topological polar surface area (TPSA) is 26.7 Å². The standard InChI is InChI=1S/C21H24F2N2O/c22-20-7-6-16(9-21(20)23)11-24-13-18-10-19(26)14-25(18)12-17(24)8-15-4-2-1-3-5-15/h1-7,9,17-19,26H,8,10-14H2/t17-,18-,19+/m0/s1. The van der Waals surface area contributed by atoms with E-state index in [9.17, 15) is 13.9 Å². The van der Waals surface area contributed by atoms with Gasteiger partial charge in [-0.1, -0.05) is 36.4 Å². The lowest BCUT2D eigenvalue weighted by molar-refractivity contribution is 0.0444. The van der Waals surface area contributed by atoms with Gasteiger partial charge in [-0.3, -0.25) is 9.80 Å². The number of aliphatic hydroxyl groups is 1. The average Bonchev–Trinajstić information content (AvgIpc) is 2.98. The molecule has 0 saturated carbocycles. The molecular formula is C21H24F2N2O. The Morgan fingerprint density at radius 1 is 0.923 bits per heavy atom. The van der Waals surface area contributed by atoms with Gasteiger partial charge in [-0.25, -0.2) is 8.78 Å². The summed E-state index contributed by atoms with van der Waals surface area (Å²) in [5.74, 6) is -1.60. The molecule has 0 radical (unpaired) electrons. The Kier molecular flexibility index (Phi) is 5.02. The number of hydrogen-bond acceptors (Lipinski definition) is 3. The van der Waals surface area contributed by atoms with Crippen LogP contribution in [-0.2, 0) is 13.0 Å². The number of aliphatic hydroxyl groups excluding tert-OH is 1. The van der Waals surface area contributed by atoms with Gasteiger partial charge in [0.05, 0.1) is 6.10 Å². The summed E-state index contributed by atoms with van der Waals surface area (Å²) in [6, 6.07) is 15.1. The molecule has 2 aromatic rings. The molecule has 2 heterocycles. The van der Waals surface area contributed by atoms with E-state index in [0.717, 1.165) is 38.0 Å². The maximum Gasteiger partial charge on any atom is 0.159 e. The van der Waals surface area contributed by atoms with Gasteiger partial charge in [0.25, 0.3) is 0 Å². The average molecular weight is 358 g/mol. The van der Waals surface area contributed by atoms with Crippen LogP contribution in [-0.4, -0.2) is 52.7 Å². The van der Waals surface area contributed by atoms with Crippen molar-refractivity contribution >= 4 is 0 Å². The van der Waals surface area contributed by atoms with Crippen LogP contribution >= 0.6 is 0 Å². The lowest BCUT2D eigenvalue weighted by atomic mass is 9.99. The molecule has 2 aliphatic heterocycles. The van der Waals surface area contributed by atoms with Crippen molar-refractivity contribution in [3.63, 3.8) is 0 Å². The van der Waals surface area contributed by atoms with Crippen molar-refractivity contribution in [2.45, 2.75) is 37.6 Å². The maximum absolute atomic E-state index is 13.6. The fraction of sp³-hybridized carbons (Fsp3) is 0.429. The van der Waals surface area contributed by atoms with Gasteiger partial charge >= 0.3 is 0 Å². The Bertz CT molecular complexity index is 755. The van der Waals surface area contributed by atoms with E-state index in [1.54, 1.807) is 6.07 Å². The quantitative estimate of drug-likeness (QED) is 0.911. The normalized spacial score (nSPS) is 26.8. The van der Waals surface area contributed by atoms with E-state index >= 15 is 0 Å². The first-order valence-corrected chi connectivity index (χ1v) is 9.22. The summed E-state index contributed by atoms with van der Waals surface area (Å²) in [6.07, 6.45) is 1.43. The largest absolute Gasteiger partial charge is 0.392 e. The Morgan fingerprint density at radius 2 is 1.73 bits per heavy atom. The van der Waals surface area contributed by atoms with E-state index < -0.39 is 11.6 Å². The number of piperazine rings is 1. The number of halogens is 2. The highest BCUT2D eigenvalue weighted by atomic mass is 19.2. The minimum Gasteiger partial charge on any atom is -0.392 e. The van der Waals surface area contributed by atoms with Gasteiger partial charge in [0, 0.05) is 38.3 Å². The smallest absolute Gasteiger partial charge is 0.159 e. The first-order valence-electron chi connectivity index (χ1n) is 9.22. The second-order valence-corrected chi connectivity index (χ2v) is 7.52. The van der Waals surface area contributed by atoms with E-state index in [1.807, 2.05) is 18.2 Å². The Labute approximate surface area is 152 Å². The van der Waals surface area contributed by atoms with Gasteiger partial charge < -0.3 is 5.11 Å². The zero-order valence-electron chi connectivity index (χ0n) is 14.7. The van der Waals surface area contributed by atoms with Crippen molar-refractivity contribution in [3.8, 4) is 0 Å². The molecule has 5 heteroatoms. The Hall–Kier alpha value is -1.82. The summed E-state index contributed by atoms with van der Waals surface area (Å²) in [5, 5.41) is 10.0. The van der Waals surface area contributed by atoms with Crippen molar-refractivity contribution in [2.75, 3.05) is 19.6 Å². The third kappa shape index (κ3) is 3.80. The van der Waals surface area contributed by atoms with Crippen LogP contribution in [0.25, 0.3) is 0 Å². The minimum atomic E-state index is -0.807. The van der Waals surface area contributed by atoms with E-state index in [2.05, 4.69) is 21.9 Å². The monoisotopic (exact) mass is 358 g/mol. The van der Waals surface area contributed by atoms with Gasteiger partial charge in [0.2, 0.25) is 0 Å². The molecule has 1 N–H and O–H groups in total. The molecule has 0 bridgehead atoms. The van der Waals surface area contributed by atoms with E-state index in [-0.39, 0.29) is 12.1 Å². The van der Waals surface area contributed by atoms with Crippen LogP contribution in [0.1, 0.15) is 17.5 Å². The number of nitrogens with zero attached hydrogens (tertiary/aromatic N) is 2. The molecule has 4 rings (SSSR count). The van der Waals surface area contributed by atoms with Crippen molar-refractivity contribution in [2.24, 2.45) is 0 Å². The Morgan fingerprint density at radius 3 is 2.50 bits per heavy atom. The number of rotatable bonds is 4. The summed E-state index contributed by atoms with van der Waals surface area (Å²) < 4.78 is 26.8. The zero-order chi connectivity index (χ0) is 18.1. The summed E-state index contributed by atoms with van der Waals surface area (Å²) in [7, 11) is 0. The van der Waals surface area contributed by atoms with Crippen molar-refractivity contribution in [1.82, 2.24) is 9.80 Å². The summed E-state index contributed by atoms with van der Waals surface area (Å²) in [4.78, 5) is 4.74. The summed E-state index contributed by atoms with van der Waals surface area (Å²) >= 11 is 0. The van der Waals surface area contributed by atoms with E-state index in [1.165, 1.54) is 17.7 Å². The fourth-order valence-corrected chi connectivity index (χ4v) is 4.32. The SMILES string of the molecule is O[C@@H]1C[C@H]2CN(Cc3ccc(F)c(F)c3)[C@@H](Cc3ccccc3)CN2C1. The van der Waals surface area contributed by atoms with E-state index in [4.69, 9.17) is 0 Å². The molecular weight excluding hydrogens is 334 g/mol. The summed E-state index contributed by atoms with van der Waals surface area (Å²) in [5.41, 5.74) is 2.06. The molecule has 2 saturated heterocycles. The highest BCUT2D eigenvalue weighted by Crippen LogP contribution is 2.28. The molecule has 26 heavy (non-hydrogen) atoms. The lowest BCUT2D eigenvalue weighted by Gasteiger charge is -2.43. The molecule has 3 atom stereocenters. The van der Waals surface area contributed by atoms with Crippen LogP contribution in [0.4, 0.5) is 8.78 Å². The molecule has 0 aromatic heterocycles. The van der Waals surface area contributed by atoms with Crippen molar-refractivity contribution in [1.29, 1.82) is 0 Å². The zero-order valence-corrected chi connectivity index (χ0v) is 14.7. The van der Waals surface area contributed by atoms with Crippen LogP contribution in [0.2, 0.25) is 0 Å². The fourth-order valence-electron chi connectivity index (χ4n) is 4.32. The molecule has 0 amide bonds. The molecule has 0 unspecified atom stereocenters. The predicted molar refractivity (Wildman–Crippen MR) is 96.7 cm³/mol. The number of benzene rings is 2.